The van der Waals surface area contributed by atoms with Gasteiger partial charge in [0.05, 0.1) is 11.1 Å². The molecular weight excluding hydrogens is 210 g/mol. The molecule has 0 bridgehead atoms. The average Bonchev–Trinajstić information content (AvgIpc) is 2.16. The largest absolute Gasteiger partial charge is 0.391 e. The van der Waals surface area contributed by atoms with E-state index in [9.17, 15) is 18.9 Å². The minimum atomic E-state index is -2.95. The fourth-order valence-corrected chi connectivity index (χ4v) is 0.968. The zero-order valence-corrected chi connectivity index (χ0v) is 7.15. The van der Waals surface area contributed by atoms with Crippen molar-refractivity contribution in [1.82, 2.24) is 4.98 Å². The van der Waals surface area contributed by atoms with Crippen molar-refractivity contribution in [2.24, 2.45) is 0 Å². The third kappa shape index (κ3) is 1.80. The molecule has 78 valence electrons. The van der Waals surface area contributed by atoms with E-state index in [0.29, 0.717) is 6.20 Å². The average molecular weight is 214 g/mol. The maximum absolute atomic E-state index is 12.3. The molecule has 0 amide bonds. The lowest BCUT2D eigenvalue weighted by Gasteiger charge is -2.03. The number of aromatic nitrogens is 1. The summed E-state index contributed by atoms with van der Waals surface area (Å²) in [6.07, 6.45) is -2.37. The summed E-state index contributed by atoms with van der Waals surface area (Å²) in [5.74, 6) is -0.795. The number of nitrogen functional groups attached to an aromatic ring is 1. The molecule has 0 saturated carbocycles. The number of hydrogen-bond acceptors (Lipinski definition) is 5. The highest BCUT2D eigenvalue weighted by Gasteiger charge is 2.24. The van der Waals surface area contributed by atoms with E-state index in [1.807, 2.05) is 0 Å². The van der Waals surface area contributed by atoms with Gasteiger partial charge >= 0.3 is 5.82 Å². The number of nitriles is 1. The molecule has 1 heterocycles. The molecule has 0 saturated heterocycles. The monoisotopic (exact) mass is 214 g/mol. The van der Waals surface area contributed by atoms with E-state index >= 15 is 0 Å². The van der Waals surface area contributed by atoms with Gasteiger partial charge in [-0.15, -0.1) is 0 Å². The second-order valence-electron chi connectivity index (χ2n) is 2.50. The molecule has 6 nitrogen and oxygen atoms in total. The van der Waals surface area contributed by atoms with Gasteiger partial charge in [-0.1, -0.05) is 0 Å². The summed E-state index contributed by atoms with van der Waals surface area (Å²) in [5.41, 5.74) is 3.22. The maximum atomic E-state index is 12.3. The summed E-state index contributed by atoms with van der Waals surface area (Å²) in [6.45, 7) is 0. The molecule has 0 aliphatic carbocycles. The highest BCUT2D eigenvalue weighted by Crippen LogP contribution is 2.30. The molecule has 0 aromatic carbocycles. The topological polar surface area (TPSA) is 106 Å². The summed E-state index contributed by atoms with van der Waals surface area (Å²) in [5, 5.41) is 18.9. The Kier molecular flexibility index (Phi) is 2.75. The van der Waals surface area contributed by atoms with Gasteiger partial charge in [0.1, 0.15) is 11.8 Å². The smallest absolute Gasteiger partial charge is 0.388 e. The van der Waals surface area contributed by atoms with Crippen LogP contribution in [-0.4, -0.2) is 9.91 Å². The Hall–Kier alpha value is -2.30. The number of halogens is 2. The predicted octanol–water partition coefficient (Wildman–Crippen LogP) is 1.38. The molecule has 0 aliphatic heterocycles. The summed E-state index contributed by atoms with van der Waals surface area (Å²) < 4.78 is 24.6. The minimum absolute atomic E-state index is 0.581. The number of nitrogens with zero attached hydrogens (tertiary/aromatic N) is 3. The Labute approximate surface area is 82.1 Å². The SMILES string of the molecule is N#Cc1c(C(F)F)cnc([N+](=O)[O-])c1N. The highest BCUT2D eigenvalue weighted by molar-refractivity contribution is 5.66. The standard InChI is InChI=1S/C7H4F2N4O2/c8-6(9)4-2-12-7(13(14)15)5(11)3(4)1-10/h2,6H,11H2. The summed E-state index contributed by atoms with van der Waals surface area (Å²) >= 11 is 0. The fourth-order valence-electron chi connectivity index (χ4n) is 0.968. The Morgan fingerprint density at radius 3 is 2.67 bits per heavy atom. The van der Waals surface area contributed by atoms with Crippen LogP contribution in [0.5, 0.6) is 0 Å². The Bertz CT molecular complexity index is 455. The van der Waals surface area contributed by atoms with Gasteiger partial charge in [0.15, 0.2) is 6.20 Å². The third-order valence-electron chi connectivity index (χ3n) is 1.64. The van der Waals surface area contributed by atoms with E-state index in [-0.39, 0.29) is 0 Å². The van der Waals surface area contributed by atoms with E-state index in [2.05, 4.69) is 4.98 Å². The molecule has 0 unspecified atom stereocenters. The second-order valence-corrected chi connectivity index (χ2v) is 2.50. The Balaban J connectivity index is 3.48. The number of rotatable bonds is 2. The lowest BCUT2D eigenvalue weighted by molar-refractivity contribution is -0.388. The molecule has 0 aliphatic rings. The van der Waals surface area contributed by atoms with Crippen LogP contribution in [0.25, 0.3) is 0 Å². The molecule has 1 aromatic heterocycles. The van der Waals surface area contributed by atoms with E-state index in [4.69, 9.17) is 11.0 Å². The number of nitrogens with two attached hydrogens (primary N) is 1. The van der Waals surface area contributed by atoms with Crippen LogP contribution in [0.1, 0.15) is 17.6 Å². The first-order chi connectivity index (χ1) is 6.99. The highest BCUT2D eigenvalue weighted by atomic mass is 19.3. The van der Waals surface area contributed by atoms with Crippen molar-refractivity contribution in [3.63, 3.8) is 0 Å². The number of alkyl halides is 2. The van der Waals surface area contributed by atoms with E-state index in [0.717, 1.165) is 0 Å². The van der Waals surface area contributed by atoms with Crippen LogP contribution in [0.15, 0.2) is 6.20 Å². The quantitative estimate of drug-likeness (QED) is 0.591. The van der Waals surface area contributed by atoms with Gasteiger partial charge in [0.25, 0.3) is 6.43 Å². The number of hydrogen-bond donors (Lipinski definition) is 1. The number of pyridine rings is 1. The van der Waals surface area contributed by atoms with Crippen molar-refractivity contribution in [3.05, 3.63) is 27.4 Å². The van der Waals surface area contributed by atoms with Gasteiger partial charge in [-0.2, -0.15) is 5.26 Å². The molecule has 2 N–H and O–H groups in total. The molecule has 8 heteroatoms. The lowest BCUT2D eigenvalue weighted by atomic mass is 10.1. The molecule has 0 spiro atoms. The van der Waals surface area contributed by atoms with Crippen LogP contribution in [-0.2, 0) is 0 Å². The van der Waals surface area contributed by atoms with Crippen LogP contribution in [0.4, 0.5) is 20.3 Å². The van der Waals surface area contributed by atoms with Crippen molar-refractivity contribution in [2.45, 2.75) is 6.43 Å². The summed E-state index contributed by atoms with van der Waals surface area (Å²) in [6, 6.07) is 1.39. The lowest BCUT2D eigenvalue weighted by Crippen LogP contribution is -2.04. The molecule has 1 aromatic rings. The first-order valence-electron chi connectivity index (χ1n) is 3.60. The zero-order chi connectivity index (χ0) is 11.6. The summed E-state index contributed by atoms with van der Waals surface area (Å²) in [7, 11) is 0. The molecule has 0 radical (unpaired) electrons. The van der Waals surface area contributed by atoms with Gasteiger partial charge in [-0.3, -0.25) is 0 Å². The van der Waals surface area contributed by atoms with Crippen molar-refractivity contribution < 1.29 is 13.7 Å². The number of nitro groups is 1. The van der Waals surface area contributed by atoms with Crippen LogP contribution in [0.3, 0.4) is 0 Å². The van der Waals surface area contributed by atoms with Gasteiger partial charge in [-0.05, 0) is 9.91 Å². The molecule has 1 rings (SSSR count). The Morgan fingerprint density at radius 2 is 2.27 bits per heavy atom. The van der Waals surface area contributed by atoms with Gasteiger partial charge in [-0.25, -0.2) is 8.78 Å². The third-order valence-corrected chi connectivity index (χ3v) is 1.64. The van der Waals surface area contributed by atoms with Crippen molar-refractivity contribution in [2.75, 3.05) is 5.73 Å². The van der Waals surface area contributed by atoms with Crippen molar-refractivity contribution in [3.8, 4) is 6.07 Å². The van der Waals surface area contributed by atoms with E-state index in [1.54, 1.807) is 0 Å². The van der Waals surface area contributed by atoms with Crippen molar-refractivity contribution >= 4 is 11.5 Å². The predicted molar refractivity (Wildman–Crippen MR) is 45.0 cm³/mol. The normalized spacial score (nSPS) is 10.0. The molecular formula is C7H4F2N4O2. The first kappa shape index (κ1) is 10.8. The fraction of sp³-hybridized carbons (Fsp3) is 0.143. The zero-order valence-electron chi connectivity index (χ0n) is 7.15. The summed E-state index contributed by atoms with van der Waals surface area (Å²) in [4.78, 5) is 12.6. The second kappa shape index (κ2) is 3.83. The number of anilines is 1. The molecule has 0 atom stereocenters. The van der Waals surface area contributed by atoms with E-state index < -0.39 is 34.0 Å². The first-order valence-corrected chi connectivity index (χ1v) is 3.60. The van der Waals surface area contributed by atoms with Crippen LogP contribution >= 0.6 is 0 Å². The molecule has 0 fully saturated rings. The van der Waals surface area contributed by atoms with Crippen LogP contribution < -0.4 is 5.73 Å². The van der Waals surface area contributed by atoms with E-state index in [1.165, 1.54) is 6.07 Å². The Morgan fingerprint density at radius 1 is 1.67 bits per heavy atom. The maximum Gasteiger partial charge on any atom is 0.388 e. The molecule has 15 heavy (non-hydrogen) atoms. The van der Waals surface area contributed by atoms with Crippen molar-refractivity contribution in [1.29, 1.82) is 5.26 Å². The van der Waals surface area contributed by atoms with Gasteiger partial charge in [0, 0.05) is 0 Å². The van der Waals surface area contributed by atoms with Gasteiger partial charge in [0.2, 0.25) is 0 Å². The van der Waals surface area contributed by atoms with Crippen LogP contribution in [0.2, 0.25) is 0 Å². The van der Waals surface area contributed by atoms with Crippen LogP contribution in [0, 0.1) is 21.4 Å². The minimum Gasteiger partial charge on any atom is -0.391 e. The van der Waals surface area contributed by atoms with Gasteiger partial charge < -0.3 is 15.8 Å².